The Morgan fingerprint density at radius 2 is 2.19 bits per heavy atom. The number of thiophene rings is 1. The van der Waals surface area contributed by atoms with Gasteiger partial charge in [0.2, 0.25) is 17.6 Å². The molecule has 0 aliphatic heterocycles. The molecule has 3 aromatic rings. The van der Waals surface area contributed by atoms with Gasteiger partial charge in [-0.1, -0.05) is 40.5 Å². The van der Waals surface area contributed by atoms with Crippen LogP contribution in [0.5, 0.6) is 0 Å². The predicted octanol–water partition coefficient (Wildman–Crippen LogP) is 5.17. The van der Waals surface area contributed by atoms with E-state index in [1.807, 2.05) is 24.4 Å². The minimum Gasteiger partial charge on any atom is -0.337 e. The zero-order valence-corrected chi connectivity index (χ0v) is 16.2. The normalized spacial score (nSPS) is 11.2. The Labute approximate surface area is 164 Å². The van der Waals surface area contributed by atoms with Crippen molar-refractivity contribution in [3.8, 4) is 10.7 Å². The molecule has 0 fully saturated rings. The molecule has 2 heterocycles. The number of benzene rings is 1. The fourth-order valence-electron chi connectivity index (χ4n) is 2.24. The zero-order valence-electron chi connectivity index (χ0n) is 13.9. The van der Waals surface area contributed by atoms with Crippen molar-refractivity contribution in [1.82, 2.24) is 15.0 Å². The molecule has 0 atom stereocenters. The summed E-state index contributed by atoms with van der Waals surface area (Å²) in [6.45, 7) is 2.64. The maximum atomic E-state index is 12.4. The van der Waals surface area contributed by atoms with Gasteiger partial charge < -0.3 is 9.42 Å². The molecule has 26 heavy (non-hydrogen) atoms. The second-order valence-corrected chi connectivity index (χ2v) is 7.13. The fraction of sp³-hybridized carbons (Fsp3) is 0.167. The monoisotopic (exact) mass is 407 g/mol. The van der Waals surface area contributed by atoms with Crippen LogP contribution in [0.25, 0.3) is 16.8 Å². The average molecular weight is 408 g/mol. The van der Waals surface area contributed by atoms with E-state index in [0.717, 1.165) is 10.4 Å². The smallest absolute Gasteiger partial charge is 0.247 e. The van der Waals surface area contributed by atoms with Crippen molar-refractivity contribution < 1.29 is 9.32 Å². The molecule has 0 bridgehead atoms. The molecule has 0 N–H and O–H groups in total. The van der Waals surface area contributed by atoms with Gasteiger partial charge in [-0.05, 0) is 42.1 Å². The van der Waals surface area contributed by atoms with Crippen LogP contribution in [-0.2, 0) is 11.3 Å². The van der Waals surface area contributed by atoms with Crippen LogP contribution in [-0.4, -0.2) is 27.5 Å². The molecule has 2 aromatic heterocycles. The van der Waals surface area contributed by atoms with Gasteiger partial charge >= 0.3 is 0 Å². The molecule has 134 valence electrons. The third-order valence-corrected chi connectivity index (χ3v) is 5.03. The lowest BCUT2D eigenvalue weighted by atomic mass is 10.2. The molecular formula is C18H15Cl2N3O2S. The molecule has 0 radical (unpaired) electrons. The SMILES string of the molecule is CCN(Cc1nc(-c2cccs2)no1)C(=O)/C=C/c1ccc(Cl)cc1Cl. The van der Waals surface area contributed by atoms with E-state index in [-0.39, 0.29) is 12.5 Å². The highest BCUT2D eigenvalue weighted by Crippen LogP contribution is 2.23. The number of rotatable bonds is 6. The number of likely N-dealkylation sites (N-methyl/N-ethyl adjacent to an activating group) is 1. The standard InChI is InChI=1S/C18H15Cl2N3O2S/c1-2-23(11-16-21-18(22-25-16)15-4-3-9-26-15)17(24)8-6-12-5-7-13(19)10-14(12)20/h3-10H,2,11H2,1H3/b8-6+. The van der Waals surface area contributed by atoms with Crippen molar-refractivity contribution in [2.45, 2.75) is 13.5 Å². The summed E-state index contributed by atoms with van der Waals surface area (Å²) in [5, 5.41) is 6.94. The van der Waals surface area contributed by atoms with Crippen molar-refractivity contribution in [1.29, 1.82) is 0 Å². The molecule has 5 nitrogen and oxygen atoms in total. The predicted molar refractivity (Wildman–Crippen MR) is 104 cm³/mol. The minimum absolute atomic E-state index is 0.172. The largest absolute Gasteiger partial charge is 0.337 e. The number of halogens is 2. The summed E-state index contributed by atoms with van der Waals surface area (Å²) in [6.07, 6.45) is 3.13. The van der Waals surface area contributed by atoms with E-state index in [1.54, 1.807) is 29.2 Å². The van der Waals surface area contributed by atoms with Crippen LogP contribution in [0, 0.1) is 0 Å². The molecule has 0 spiro atoms. The third-order valence-electron chi connectivity index (χ3n) is 3.60. The quantitative estimate of drug-likeness (QED) is 0.528. The number of amides is 1. The van der Waals surface area contributed by atoms with Crippen LogP contribution in [0.1, 0.15) is 18.4 Å². The Bertz CT molecular complexity index is 922. The van der Waals surface area contributed by atoms with Crippen LogP contribution in [0.2, 0.25) is 10.0 Å². The van der Waals surface area contributed by atoms with Crippen LogP contribution in [0.15, 0.2) is 46.3 Å². The summed E-state index contributed by atoms with van der Waals surface area (Å²) >= 11 is 13.5. The van der Waals surface area contributed by atoms with Gasteiger partial charge in [0.15, 0.2) is 0 Å². The van der Waals surface area contributed by atoms with E-state index in [9.17, 15) is 4.79 Å². The maximum absolute atomic E-state index is 12.4. The fourth-order valence-corrected chi connectivity index (χ4v) is 3.36. The van der Waals surface area contributed by atoms with E-state index in [4.69, 9.17) is 27.7 Å². The maximum Gasteiger partial charge on any atom is 0.247 e. The number of carbonyl (C=O) groups is 1. The van der Waals surface area contributed by atoms with E-state index in [0.29, 0.717) is 28.3 Å². The van der Waals surface area contributed by atoms with Crippen molar-refractivity contribution in [2.75, 3.05) is 6.54 Å². The average Bonchev–Trinajstić information content (AvgIpc) is 3.30. The lowest BCUT2D eigenvalue weighted by molar-refractivity contribution is -0.126. The Kier molecular flexibility index (Phi) is 6.08. The van der Waals surface area contributed by atoms with E-state index in [1.165, 1.54) is 17.4 Å². The van der Waals surface area contributed by atoms with Gasteiger partial charge in [-0.25, -0.2) is 0 Å². The number of hydrogen-bond donors (Lipinski definition) is 0. The Balaban J connectivity index is 1.68. The van der Waals surface area contributed by atoms with Crippen molar-refractivity contribution in [2.24, 2.45) is 0 Å². The summed E-state index contributed by atoms with van der Waals surface area (Å²) in [5.41, 5.74) is 0.721. The summed E-state index contributed by atoms with van der Waals surface area (Å²) < 4.78 is 5.26. The van der Waals surface area contributed by atoms with Gasteiger partial charge in [0, 0.05) is 22.7 Å². The first kappa shape index (κ1) is 18.6. The molecule has 0 saturated heterocycles. The van der Waals surface area contributed by atoms with Crippen molar-refractivity contribution in [3.63, 3.8) is 0 Å². The number of hydrogen-bond acceptors (Lipinski definition) is 5. The van der Waals surface area contributed by atoms with E-state index in [2.05, 4.69) is 10.1 Å². The molecule has 0 unspecified atom stereocenters. The summed E-state index contributed by atoms with van der Waals surface area (Å²) in [5.74, 6) is 0.748. The second-order valence-electron chi connectivity index (χ2n) is 5.34. The minimum atomic E-state index is -0.172. The summed E-state index contributed by atoms with van der Waals surface area (Å²) in [6, 6.07) is 8.95. The first-order chi connectivity index (χ1) is 12.6. The number of aromatic nitrogens is 2. The van der Waals surface area contributed by atoms with Crippen molar-refractivity contribution in [3.05, 3.63) is 63.3 Å². The lowest BCUT2D eigenvalue weighted by Crippen LogP contribution is -2.28. The van der Waals surface area contributed by atoms with Crippen molar-refractivity contribution >= 4 is 46.5 Å². The van der Waals surface area contributed by atoms with Crippen LogP contribution in [0.3, 0.4) is 0 Å². The molecule has 8 heteroatoms. The van der Waals surface area contributed by atoms with E-state index < -0.39 is 0 Å². The topological polar surface area (TPSA) is 59.2 Å². The molecule has 1 amide bonds. The highest BCUT2D eigenvalue weighted by Gasteiger charge is 2.15. The van der Waals surface area contributed by atoms with Gasteiger partial charge in [-0.3, -0.25) is 4.79 Å². The van der Waals surface area contributed by atoms with Gasteiger partial charge in [-0.15, -0.1) is 11.3 Å². The summed E-state index contributed by atoms with van der Waals surface area (Å²) in [7, 11) is 0. The highest BCUT2D eigenvalue weighted by atomic mass is 35.5. The van der Waals surface area contributed by atoms with Gasteiger partial charge in [0.25, 0.3) is 0 Å². The lowest BCUT2D eigenvalue weighted by Gasteiger charge is -2.16. The third kappa shape index (κ3) is 4.52. The van der Waals surface area contributed by atoms with Gasteiger partial charge in [0.1, 0.15) is 6.54 Å². The summed E-state index contributed by atoms with van der Waals surface area (Å²) in [4.78, 5) is 19.3. The Hall–Kier alpha value is -2.15. The first-order valence-electron chi connectivity index (χ1n) is 7.85. The molecule has 0 aliphatic rings. The highest BCUT2D eigenvalue weighted by molar-refractivity contribution is 7.13. The van der Waals surface area contributed by atoms with Crippen LogP contribution < -0.4 is 0 Å². The Morgan fingerprint density at radius 3 is 2.88 bits per heavy atom. The first-order valence-corrected chi connectivity index (χ1v) is 9.49. The van der Waals surface area contributed by atoms with Gasteiger partial charge in [0.05, 0.1) is 4.88 Å². The second kappa shape index (κ2) is 8.49. The van der Waals surface area contributed by atoms with Gasteiger partial charge in [-0.2, -0.15) is 4.98 Å². The van der Waals surface area contributed by atoms with Crippen LogP contribution in [0.4, 0.5) is 0 Å². The molecule has 0 saturated carbocycles. The van der Waals surface area contributed by atoms with Crippen LogP contribution >= 0.6 is 34.5 Å². The molecule has 0 aliphatic carbocycles. The molecule has 1 aromatic carbocycles. The molecular weight excluding hydrogens is 393 g/mol. The zero-order chi connectivity index (χ0) is 18.5. The number of nitrogens with zero attached hydrogens (tertiary/aromatic N) is 3. The number of carbonyl (C=O) groups excluding carboxylic acids is 1. The molecule has 3 rings (SSSR count). The Morgan fingerprint density at radius 1 is 1.35 bits per heavy atom. The van der Waals surface area contributed by atoms with E-state index >= 15 is 0 Å².